The summed E-state index contributed by atoms with van der Waals surface area (Å²) in [5.74, 6) is -0.742. The van der Waals surface area contributed by atoms with Crippen LogP contribution in [0.3, 0.4) is 0 Å². The molecule has 0 unspecified atom stereocenters. The van der Waals surface area contributed by atoms with Crippen molar-refractivity contribution in [3.05, 3.63) is 87.9 Å². The van der Waals surface area contributed by atoms with Gasteiger partial charge < -0.3 is 30.6 Å². The Kier molecular flexibility index (Phi) is 7.66. The third kappa shape index (κ3) is 4.99. The van der Waals surface area contributed by atoms with Gasteiger partial charge in [0.25, 0.3) is 11.8 Å². The van der Waals surface area contributed by atoms with Gasteiger partial charge in [0.15, 0.2) is 13.9 Å². The number of rotatable bonds is 7. The Balaban J connectivity index is 1.47. The molecule has 10 heteroatoms. The SMILES string of the molecule is C[C@H]1[C@H]([Si](C)(C)O)[C@@H](CCO)O[C@]12C(=O)N(Cc1cccc(NC(=O)c3ccc(N)cc3)c1)c1ccc(Br)cc12. The molecule has 2 aliphatic rings. The molecule has 5 N–H and O–H groups in total. The molecule has 1 saturated heterocycles. The summed E-state index contributed by atoms with van der Waals surface area (Å²) in [6.07, 6.45) is -0.0885. The monoisotopic (exact) mass is 623 g/mol. The van der Waals surface area contributed by atoms with Crippen LogP contribution in [-0.4, -0.2) is 42.7 Å². The van der Waals surface area contributed by atoms with Crippen molar-refractivity contribution in [1.29, 1.82) is 0 Å². The van der Waals surface area contributed by atoms with Crippen LogP contribution in [0.2, 0.25) is 18.6 Å². The van der Waals surface area contributed by atoms with Crippen molar-refractivity contribution >= 4 is 53.1 Å². The van der Waals surface area contributed by atoms with Crippen molar-refractivity contribution in [3.63, 3.8) is 0 Å². The van der Waals surface area contributed by atoms with Crippen molar-refractivity contribution < 1.29 is 24.2 Å². The van der Waals surface area contributed by atoms with E-state index in [1.54, 1.807) is 35.2 Å². The number of halogens is 1. The lowest BCUT2D eigenvalue weighted by molar-refractivity contribution is -0.146. The number of hydrogen-bond acceptors (Lipinski definition) is 6. The van der Waals surface area contributed by atoms with Gasteiger partial charge in [0.2, 0.25) is 0 Å². The number of carbonyl (C=O) groups excluding carboxylic acids is 2. The minimum absolute atomic E-state index is 0.0907. The summed E-state index contributed by atoms with van der Waals surface area (Å²) in [6, 6.07) is 19.8. The van der Waals surface area contributed by atoms with E-state index in [2.05, 4.69) is 21.2 Å². The third-order valence-electron chi connectivity index (χ3n) is 8.06. The van der Waals surface area contributed by atoms with Gasteiger partial charge in [0.05, 0.1) is 18.3 Å². The van der Waals surface area contributed by atoms with Gasteiger partial charge in [-0.3, -0.25) is 9.59 Å². The van der Waals surface area contributed by atoms with E-state index in [1.807, 2.05) is 56.4 Å². The number of benzene rings is 3. The molecule has 1 fully saturated rings. The molecule has 0 bridgehead atoms. The van der Waals surface area contributed by atoms with Crippen LogP contribution in [0.1, 0.15) is 34.8 Å². The summed E-state index contributed by atoms with van der Waals surface area (Å²) in [5, 5.41) is 12.7. The van der Waals surface area contributed by atoms with Gasteiger partial charge in [0, 0.05) is 45.0 Å². The molecule has 0 radical (unpaired) electrons. The molecule has 0 aromatic heterocycles. The number of ether oxygens (including phenoxy) is 1. The highest BCUT2D eigenvalue weighted by Crippen LogP contribution is 2.60. The smallest absolute Gasteiger partial charge is 0.264 e. The highest BCUT2D eigenvalue weighted by atomic mass is 79.9. The maximum atomic E-state index is 14.4. The zero-order valence-electron chi connectivity index (χ0n) is 22.7. The van der Waals surface area contributed by atoms with E-state index in [0.717, 1.165) is 21.3 Å². The molecule has 0 saturated carbocycles. The number of nitrogen functional groups attached to an aromatic ring is 1. The molecule has 4 atom stereocenters. The lowest BCUT2D eigenvalue weighted by atomic mass is 9.82. The Morgan fingerprint density at radius 2 is 1.88 bits per heavy atom. The molecular formula is C30H34BrN3O5Si. The van der Waals surface area contributed by atoms with Crippen molar-refractivity contribution in [2.24, 2.45) is 5.92 Å². The minimum atomic E-state index is -2.76. The van der Waals surface area contributed by atoms with Gasteiger partial charge in [-0.2, -0.15) is 0 Å². The van der Waals surface area contributed by atoms with E-state index in [0.29, 0.717) is 23.4 Å². The van der Waals surface area contributed by atoms with Crippen molar-refractivity contribution in [2.75, 3.05) is 22.6 Å². The highest BCUT2D eigenvalue weighted by molar-refractivity contribution is 9.10. The van der Waals surface area contributed by atoms with E-state index in [9.17, 15) is 19.5 Å². The number of hydrogen-bond donors (Lipinski definition) is 4. The van der Waals surface area contributed by atoms with Crippen LogP contribution in [0, 0.1) is 5.92 Å². The molecule has 5 rings (SSSR count). The van der Waals surface area contributed by atoms with Crippen molar-refractivity contribution in [3.8, 4) is 0 Å². The number of amides is 2. The summed E-state index contributed by atoms with van der Waals surface area (Å²) < 4.78 is 7.46. The highest BCUT2D eigenvalue weighted by Gasteiger charge is 2.66. The first kappa shape index (κ1) is 28.5. The molecule has 0 aliphatic carbocycles. The van der Waals surface area contributed by atoms with Crippen LogP contribution in [0.5, 0.6) is 0 Å². The lowest BCUT2D eigenvalue weighted by Crippen LogP contribution is -2.46. The van der Waals surface area contributed by atoms with Gasteiger partial charge in [-0.15, -0.1) is 0 Å². The zero-order valence-corrected chi connectivity index (χ0v) is 25.3. The number of nitrogens with two attached hydrogens (primary N) is 1. The number of fused-ring (bicyclic) bond motifs is 2. The second-order valence-electron chi connectivity index (χ2n) is 11.2. The Labute approximate surface area is 243 Å². The van der Waals surface area contributed by atoms with Gasteiger partial charge >= 0.3 is 0 Å². The van der Waals surface area contributed by atoms with Gasteiger partial charge in [-0.05, 0) is 79.7 Å². The number of aliphatic hydroxyl groups excluding tert-OH is 1. The van der Waals surface area contributed by atoms with Crippen LogP contribution in [0.25, 0.3) is 0 Å². The topological polar surface area (TPSA) is 125 Å². The van der Waals surface area contributed by atoms with Crippen LogP contribution in [0.15, 0.2) is 71.2 Å². The fourth-order valence-corrected chi connectivity index (χ4v) is 9.34. The molecule has 3 aromatic rings. The quantitative estimate of drug-likeness (QED) is 0.217. The van der Waals surface area contributed by atoms with E-state index in [1.165, 1.54) is 0 Å². The number of nitrogens with zero attached hydrogens (tertiary/aromatic N) is 1. The Bertz CT molecular complexity index is 1440. The van der Waals surface area contributed by atoms with Gasteiger partial charge in [-0.25, -0.2) is 0 Å². The van der Waals surface area contributed by atoms with Gasteiger partial charge in [0.1, 0.15) is 0 Å². The standard InChI is InChI=1S/C30H34BrN3O5Si/c1-18-27(40(2,3)38)26(13-14-35)39-30(18)24-16-21(31)9-12-25(24)34(29(30)37)17-19-5-4-6-23(15-19)33-28(36)20-7-10-22(32)11-8-20/h4-12,15-16,18,26-27,35,38H,13-14,17,32H2,1-3H3,(H,33,36)/t18-,26+,27-,30+/m0/s1. The summed E-state index contributed by atoms with van der Waals surface area (Å²) in [5.41, 5.74) is 8.26. The Hall–Kier alpha value is -3.02. The molecular weight excluding hydrogens is 590 g/mol. The molecule has 40 heavy (non-hydrogen) atoms. The zero-order chi connectivity index (χ0) is 28.8. The van der Waals surface area contributed by atoms with Crippen LogP contribution in [-0.2, 0) is 21.7 Å². The summed E-state index contributed by atoms with van der Waals surface area (Å²) >= 11 is 3.56. The van der Waals surface area contributed by atoms with Gasteiger partial charge in [-0.1, -0.05) is 35.0 Å². The maximum Gasteiger partial charge on any atom is 0.264 e. The fraction of sp³-hybridized carbons (Fsp3) is 0.333. The largest absolute Gasteiger partial charge is 0.432 e. The summed E-state index contributed by atoms with van der Waals surface area (Å²) in [7, 11) is -2.76. The molecule has 8 nitrogen and oxygen atoms in total. The molecule has 210 valence electrons. The predicted octanol–water partition coefficient (Wildman–Crippen LogP) is 5.01. The maximum absolute atomic E-state index is 14.4. The average molecular weight is 625 g/mol. The number of carbonyl (C=O) groups is 2. The summed E-state index contributed by atoms with van der Waals surface area (Å²) in [4.78, 5) is 40.1. The van der Waals surface area contributed by atoms with Crippen molar-refractivity contribution in [1.82, 2.24) is 0 Å². The first-order chi connectivity index (χ1) is 19.0. The Morgan fingerprint density at radius 1 is 1.15 bits per heavy atom. The Morgan fingerprint density at radius 3 is 2.55 bits per heavy atom. The summed E-state index contributed by atoms with van der Waals surface area (Å²) in [6.45, 7) is 5.89. The number of nitrogens with one attached hydrogen (secondary N) is 1. The van der Waals surface area contributed by atoms with Crippen LogP contribution in [0.4, 0.5) is 17.1 Å². The predicted molar refractivity (Wildman–Crippen MR) is 161 cm³/mol. The van der Waals surface area contributed by atoms with E-state index in [4.69, 9.17) is 10.5 Å². The van der Waals surface area contributed by atoms with E-state index < -0.39 is 20.0 Å². The second-order valence-corrected chi connectivity index (χ2v) is 16.1. The third-order valence-corrected chi connectivity index (χ3v) is 11.1. The lowest BCUT2D eigenvalue weighted by Gasteiger charge is -2.32. The fourth-order valence-electron chi connectivity index (χ4n) is 6.37. The second kappa shape index (κ2) is 10.8. The molecule has 2 amide bonds. The average Bonchev–Trinajstić information content (AvgIpc) is 3.31. The minimum Gasteiger partial charge on any atom is -0.432 e. The normalized spacial score (nSPS) is 24.0. The first-order valence-electron chi connectivity index (χ1n) is 13.3. The number of aliphatic hydroxyl groups is 1. The molecule has 2 aliphatic heterocycles. The van der Waals surface area contributed by atoms with Crippen LogP contribution >= 0.6 is 15.9 Å². The molecule has 2 heterocycles. The molecule has 3 aromatic carbocycles. The molecule has 1 spiro atoms. The van der Waals surface area contributed by atoms with E-state index in [-0.39, 0.29) is 36.4 Å². The van der Waals surface area contributed by atoms with E-state index >= 15 is 0 Å². The van der Waals surface area contributed by atoms with Crippen molar-refractivity contribution in [2.45, 2.75) is 50.2 Å². The van der Waals surface area contributed by atoms with Crippen LogP contribution < -0.4 is 16.0 Å². The number of anilines is 3. The first-order valence-corrected chi connectivity index (χ1v) is 17.2.